The van der Waals surface area contributed by atoms with E-state index in [1.807, 2.05) is 7.05 Å². The highest BCUT2D eigenvalue weighted by Crippen LogP contribution is 2.22. The van der Waals surface area contributed by atoms with E-state index in [1.54, 1.807) is 0 Å². The van der Waals surface area contributed by atoms with Gasteiger partial charge in [-0.15, -0.1) is 0 Å². The fourth-order valence-corrected chi connectivity index (χ4v) is 2.37. The van der Waals surface area contributed by atoms with Gasteiger partial charge in [0, 0.05) is 36.7 Å². The van der Waals surface area contributed by atoms with Crippen LogP contribution in [-0.4, -0.2) is 37.1 Å². The molecule has 0 radical (unpaired) electrons. The van der Waals surface area contributed by atoms with E-state index >= 15 is 0 Å². The van der Waals surface area contributed by atoms with Crippen molar-refractivity contribution in [2.24, 2.45) is 0 Å². The molecule has 2 N–H and O–H groups in total. The van der Waals surface area contributed by atoms with E-state index in [-0.39, 0.29) is 0 Å². The Kier molecular flexibility index (Phi) is 4.39. The molecule has 98 valence electrons. The molecule has 3 nitrogen and oxygen atoms in total. The highest BCUT2D eigenvalue weighted by molar-refractivity contribution is 5.86. The first kappa shape index (κ1) is 13.1. The monoisotopic (exact) mass is 245 g/mol. The Morgan fingerprint density at radius 1 is 1.28 bits per heavy atom. The van der Waals surface area contributed by atoms with Crippen molar-refractivity contribution < 1.29 is 0 Å². The molecule has 0 spiro atoms. The lowest BCUT2D eigenvalue weighted by Crippen LogP contribution is -2.26. The molecule has 0 bridgehead atoms. The fourth-order valence-electron chi connectivity index (χ4n) is 2.37. The van der Waals surface area contributed by atoms with Crippen LogP contribution in [0.1, 0.15) is 18.1 Å². The molecule has 0 amide bonds. The van der Waals surface area contributed by atoms with E-state index in [4.69, 9.17) is 0 Å². The summed E-state index contributed by atoms with van der Waals surface area (Å²) < 4.78 is 0. The van der Waals surface area contributed by atoms with Crippen molar-refractivity contribution in [1.82, 2.24) is 15.2 Å². The topological polar surface area (TPSA) is 31.1 Å². The van der Waals surface area contributed by atoms with Crippen LogP contribution in [0.25, 0.3) is 10.9 Å². The minimum atomic E-state index is 0.995. The number of aromatic nitrogens is 1. The number of para-hydroxylation sites is 1. The van der Waals surface area contributed by atoms with Crippen molar-refractivity contribution in [1.29, 1.82) is 0 Å². The highest BCUT2D eigenvalue weighted by atomic mass is 15.1. The van der Waals surface area contributed by atoms with E-state index < -0.39 is 0 Å². The molecular formula is C15H23N3. The van der Waals surface area contributed by atoms with Crippen LogP contribution in [-0.2, 0) is 13.0 Å². The Balaban J connectivity index is 2.19. The summed E-state index contributed by atoms with van der Waals surface area (Å²) >= 11 is 0. The number of fused-ring (bicyclic) bond motifs is 1. The van der Waals surface area contributed by atoms with Gasteiger partial charge in [-0.25, -0.2) is 0 Å². The number of H-pyrrole nitrogens is 1. The van der Waals surface area contributed by atoms with Crippen LogP contribution in [0, 0.1) is 0 Å². The van der Waals surface area contributed by atoms with Gasteiger partial charge in [-0.1, -0.05) is 25.1 Å². The smallest absolute Gasteiger partial charge is 0.0489 e. The molecule has 0 fully saturated rings. The van der Waals surface area contributed by atoms with Crippen molar-refractivity contribution in [2.45, 2.75) is 19.9 Å². The van der Waals surface area contributed by atoms with Gasteiger partial charge < -0.3 is 15.2 Å². The zero-order valence-corrected chi connectivity index (χ0v) is 11.6. The normalized spacial score (nSPS) is 11.6. The molecule has 0 saturated carbocycles. The second-order valence-corrected chi connectivity index (χ2v) is 4.85. The maximum atomic E-state index is 3.43. The lowest BCUT2D eigenvalue weighted by molar-refractivity contribution is 0.329. The van der Waals surface area contributed by atoms with E-state index in [0.717, 1.165) is 26.1 Å². The van der Waals surface area contributed by atoms with Crippen molar-refractivity contribution in [3.8, 4) is 0 Å². The van der Waals surface area contributed by atoms with Crippen molar-refractivity contribution in [3.63, 3.8) is 0 Å². The molecule has 1 aromatic carbocycles. The van der Waals surface area contributed by atoms with Crippen LogP contribution in [0.5, 0.6) is 0 Å². The average molecular weight is 245 g/mol. The quantitative estimate of drug-likeness (QED) is 0.818. The third-order valence-corrected chi connectivity index (χ3v) is 3.45. The van der Waals surface area contributed by atoms with Crippen LogP contribution in [0.15, 0.2) is 24.4 Å². The molecule has 0 aliphatic carbocycles. The molecule has 2 aromatic rings. The molecule has 0 saturated heterocycles. The molecule has 1 aromatic heterocycles. The minimum Gasteiger partial charge on any atom is -0.361 e. The summed E-state index contributed by atoms with van der Waals surface area (Å²) in [7, 11) is 4.16. The van der Waals surface area contributed by atoms with Gasteiger partial charge in [0.1, 0.15) is 0 Å². The number of aromatic amines is 1. The molecule has 3 heteroatoms. The average Bonchev–Trinajstić information content (AvgIpc) is 2.79. The van der Waals surface area contributed by atoms with E-state index in [1.165, 1.54) is 22.0 Å². The van der Waals surface area contributed by atoms with Gasteiger partial charge in [-0.05, 0) is 31.6 Å². The molecule has 0 aliphatic rings. The number of aryl methyl sites for hydroxylation is 1. The van der Waals surface area contributed by atoms with Crippen LogP contribution >= 0.6 is 0 Å². The van der Waals surface area contributed by atoms with E-state index in [0.29, 0.717) is 0 Å². The Labute approximate surface area is 109 Å². The first-order valence-electron chi connectivity index (χ1n) is 6.67. The van der Waals surface area contributed by atoms with Crippen molar-refractivity contribution in [3.05, 3.63) is 35.5 Å². The largest absolute Gasteiger partial charge is 0.361 e. The number of benzene rings is 1. The molecule has 0 unspecified atom stereocenters. The SMILES string of the molecule is CCc1cccc2c(CN(C)CCNC)c[nH]c12. The minimum absolute atomic E-state index is 0.995. The Morgan fingerprint density at radius 2 is 2.11 bits per heavy atom. The lowest BCUT2D eigenvalue weighted by atomic mass is 10.1. The summed E-state index contributed by atoms with van der Waals surface area (Å²) in [5.41, 5.74) is 4.09. The molecular weight excluding hydrogens is 222 g/mol. The van der Waals surface area contributed by atoms with Gasteiger partial charge in [-0.3, -0.25) is 0 Å². The maximum absolute atomic E-state index is 3.43. The second-order valence-electron chi connectivity index (χ2n) is 4.85. The number of likely N-dealkylation sites (N-methyl/N-ethyl adjacent to an activating group) is 2. The number of hydrogen-bond acceptors (Lipinski definition) is 2. The van der Waals surface area contributed by atoms with Crippen LogP contribution in [0.4, 0.5) is 0 Å². The van der Waals surface area contributed by atoms with Gasteiger partial charge in [-0.2, -0.15) is 0 Å². The third-order valence-electron chi connectivity index (χ3n) is 3.45. The third kappa shape index (κ3) is 2.74. The van der Waals surface area contributed by atoms with Gasteiger partial charge in [0.25, 0.3) is 0 Å². The summed E-state index contributed by atoms with van der Waals surface area (Å²) in [5.74, 6) is 0. The Hall–Kier alpha value is -1.32. The zero-order chi connectivity index (χ0) is 13.0. The van der Waals surface area contributed by atoms with Crippen LogP contribution in [0.2, 0.25) is 0 Å². The number of hydrogen-bond donors (Lipinski definition) is 2. The predicted molar refractivity (Wildman–Crippen MR) is 77.9 cm³/mol. The maximum Gasteiger partial charge on any atom is 0.0489 e. The van der Waals surface area contributed by atoms with Gasteiger partial charge in [0.05, 0.1) is 0 Å². The molecule has 0 aliphatic heterocycles. The van der Waals surface area contributed by atoms with Crippen molar-refractivity contribution >= 4 is 10.9 Å². The first-order chi connectivity index (χ1) is 8.76. The molecule has 1 heterocycles. The number of rotatable bonds is 6. The fraction of sp³-hybridized carbons (Fsp3) is 0.467. The molecule has 2 rings (SSSR count). The van der Waals surface area contributed by atoms with Gasteiger partial charge in [0.15, 0.2) is 0 Å². The molecule has 0 atom stereocenters. The summed E-state index contributed by atoms with van der Waals surface area (Å²) in [6, 6.07) is 6.58. The van der Waals surface area contributed by atoms with Gasteiger partial charge in [0.2, 0.25) is 0 Å². The van der Waals surface area contributed by atoms with Crippen molar-refractivity contribution in [2.75, 3.05) is 27.2 Å². The van der Waals surface area contributed by atoms with Crippen LogP contribution in [0.3, 0.4) is 0 Å². The summed E-state index contributed by atoms with van der Waals surface area (Å²) in [6.45, 7) is 5.29. The zero-order valence-electron chi connectivity index (χ0n) is 11.6. The van der Waals surface area contributed by atoms with Crippen LogP contribution < -0.4 is 5.32 Å². The van der Waals surface area contributed by atoms with E-state index in [9.17, 15) is 0 Å². The number of nitrogens with one attached hydrogen (secondary N) is 2. The standard InChI is InChI=1S/C15H23N3/c1-4-12-6-5-7-14-13(10-17-15(12)14)11-18(3)9-8-16-2/h5-7,10,16-17H,4,8-9,11H2,1-3H3. The Morgan fingerprint density at radius 3 is 2.83 bits per heavy atom. The number of nitrogens with zero attached hydrogens (tertiary/aromatic N) is 1. The summed E-state index contributed by atoms with van der Waals surface area (Å²) in [4.78, 5) is 5.77. The predicted octanol–water partition coefficient (Wildman–Crippen LogP) is 2.38. The second kappa shape index (κ2) is 6.03. The lowest BCUT2D eigenvalue weighted by Gasteiger charge is -2.15. The summed E-state index contributed by atoms with van der Waals surface area (Å²) in [5, 5.41) is 4.55. The van der Waals surface area contributed by atoms with E-state index in [2.05, 4.69) is 53.6 Å². The Bertz CT molecular complexity index is 501. The highest BCUT2D eigenvalue weighted by Gasteiger charge is 2.08. The molecule has 18 heavy (non-hydrogen) atoms. The summed E-state index contributed by atoms with van der Waals surface area (Å²) in [6.07, 6.45) is 3.23. The van der Waals surface area contributed by atoms with Gasteiger partial charge >= 0.3 is 0 Å². The first-order valence-corrected chi connectivity index (χ1v) is 6.67.